The van der Waals surface area contributed by atoms with Gasteiger partial charge in [0, 0.05) is 52.5 Å². The van der Waals surface area contributed by atoms with E-state index in [0.29, 0.717) is 5.92 Å². The van der Waals surface area contributed by atoms with E-state index in [0.717, 1.165) is 44.2 Å². The standard InChI is InChI=1S/C24H42N4O/c1-7-23(20(4)19(2)3)28-16-14-27(15-17-28)13-12-21-8-10-22(11-9-21)18-25-24(29)26(5)6/h7,21-22H,1-2,8-18H2,3-6H3,(H,25,29)/b23-20+. The molecule has 0 radical (unpaired) electrons. The van der Waals surface area contributed by atoms with Crippen LogP contribution in [0.3, 0.4) is 0 Å². The zero-order valence-electron chi connectivity index (χ0n) is 19.2. The minimum atomic E-state index is 0.0270. The molecule has 1 heterocycles. The Balaban J connectivity index is 1.66. The van der Waals surface area contributed by atoms with Gasteiger partial charge in [-0.1, -0.05) is 31.6 Å². The summed E-state index contributed by atoms with van der Waals surface area (Å²) in [7, 11) is 3.59. The Bertz CT molecular complexity index is 594. The summed E-state index contributed by atoms with van der Waals surface area (Å²) in [6.45, 7) is 18.8. The molecule has 2 aliphatic rings. The second kappa shape index (κ2) is 11.4. The lowest BCUT2D eigenvalue weighted by molar-refractivity contribution is 0.144. The molecule has 2 amide bonds. The number of carbonyl (C=O) groups excluding carboxylic acids is 1. The highest BCUT2D eigenvalue weighted by Crippen LogP contribution is 2.31. The van der Waals surface area contributed by atoms with Gasteiger partial charge >= 0.3 is 6.03 Å². The summed E-state index contributed by atoms with van der Waals surface area (Å²) in [5.41, 5.74) is 3.63. The number of hydrogen-bond donors (Lipinski definition) is 1. The molecule has 0 aromatic carbocycles. The lowest BCUT2D eigenvalue weighted by atomic mass is 9.80. The second-order valence-electron chi connectivity index (χ2n) is 9.08. The third kappa shape index (κ3) is 7.22. The van der Waals surface area contributed by atoms with Gasteiger partial charge in [-0.2, -0.15) is 0 Å². The minimum absolute atomic E-state index is 0.0270. The van der Waals surface area contributed by atoms with Gasteiger partial charge in [0.1, 0.15) is 0 Å². The zero-order chi connectivity index (χ0) is 21.4. The predicted molar refractivity (Wildman–Crippen MR) is 123 cm³/mol. The average Bonchev–Trinajstić information content (AvgIpc) is 2.72. The Hall–Kier alpha value is -1.75. The van der Waals surface area contributed by atoms with Crippen LogP contribution in [0.2, 0.25) is 0 Å². The van der Waals surface area contributed by atoms with Crippen LogP contribution in [-0.2, 0) is 0 Å². The van der Waals surface area contributed by atoms with Crippen molar-refractivity contribution in [3.63, 3.8) is 0 Å². The number of amides is 2. The smallest absolute Gasteiger partial charge is 0.316 e. The molecule has 2 rings (SSSR count). The number of nitrogens with one attached hydrogen (secondary N) is 1. The molecule has 1 saturated carbocycles. The van der Waals surface area contributed by atoms with Crippen molar-refractivity contribution in [3.8, 4) is 0 Å². The van der Waals surface area contributed by atoms with Gasteiger partial charge in [0.05, 0.1) is 0 Å². The van der Waals surface area contributed by atoms with E-state index >= 15 is 0 Å². The minimum Gasteiger partial charge on any atom is -0.369 e. The van der Waals surface area contributed by atoms with Crippen molar-refractivity contribution in [2.24, 2.45) is 11.8 Å². The second-order valence-corrected chi connectivity index (χ2v) is 9.08. The van der Waals surface area contributed by atoms with Crippen LogP contribution in [0.4, 0.5) is 4.79 Å². The maximum absolute atomic E-state index is 11.7. The Morgan fingerprint density at radius 3 is 2.17 bits per heavy atom. The number of piperazine rings is 1. The molecular formula is C24H42N4O. The van der Waals surface area contributed by atoms with Gasteiger partial charge in [0.2, 0.25) is 0 Å². The van der Waals surface area contributed by atoms with Crippen molar-refractivity contribution in [2.75, 3.05) is 53.4 Å². The van der Waals surface area contributed by atoms with Crippen molar-refractivity contribution in [1.29, 1.82) is 0 Å². The lowest BCUT2D eigenvalue weighted by Gasteiger charge is -2.38. The third-order valence-corrected chi connectivity index (χ3v) is 6.70. The van der Waals surface area contributed by atoms with Crippen LogP contribution in [0.1, 0.15) is 46.0 Å². The number of urea groups is 1. The number of allylic oxidation sites excluding steroid dienone is 3. The molecule has 1 aliphatic carbocycles. The van der Waals surface area contributed by atoms with Crippen LogP contribution < -0.4 is 5.32 Å². The third-order valence-electron chi connectivity index (χ3n) is 6.70. The Labute approximate surface area is 178 Å². The van der Waals surface area contributed by atoms with Crippen LogP contribution in [0.25, 0.3) is 0 Å². The first-order valence-corrected chi connectivity index (χ1v) is 11.2. The summed E-state index contributed by atoms with van der Waals surface area (Å²) in [4.78, 5) is 18.4. The highest BCUT2D eigenvalue weighted by Gasteiger charge is 2.24. The van der Waals surface area contributed by atoms with E-state index in [9.17, 15) is 4.79 Å². The van der Waals surface area contributed by atoms with Gasteiger partial charge < -0.3 is 15.1 Å². The Kier molecular flexibility index (Phi) is 9.28. The fourth-order valence-corrected chi connectivity index (χ4v) is 4.43. The van der Waals surface area contributed by atoms with Crippen LogP contribution in [0.15, 0.2) is 36.1 Å². The predicted octanol–water partition coefficient (Wildman–Crippen LogP) is 4.11. The van der Waals surface area contributed by atoms with Crippen molar-refractivity contribution in [2.45, 2.75) is 46.0 Å². The van der Waals surface area contributed by atoms with Crippen LogP contribution in [-0.4, -0.2) is 74.1 Å². The molecule has 1 saturated heterocycles. The summed E-state index contributed by atoms with van der Waals surface area (Å²) >= 11 is 0. The first-order chi connectivity index (χ1) is 13.8. The first kappa shape index (κ1) is 23.5. The molecule has 1 N–H and O–H groups in total. The molecule has 0 bridgehead atoms. The van der Waals surface area contributed by atoms with Crippen molar-refractivity contribution < 1.29 is 4.79 Å². The van der Waals surface area contributed by atoms with E-state index in [4.69, 9.17) is 0 Å². The normalized spacial score (nSPS) is 23.9. The fraction of sp³-hybridized carbons (Fsp3) is 0.708. The van der Waals surface area contributed by atoms with E-state index in [2.05, 4.69) is 42.1 Å². The molecule has 1 aliphatic heterocycles. The van der Waals surface area contributed by atoms with E-state index in [1.807, 2.05) is 6.08 Å². The summed E-state index contributed by atoms with van der Waals surface area (Å²) in [6.07, 6.45) is 8.41. The number of nitrogens with zero attached hydrogens (tertiary/aromatic N) is 3. The van der Waals surface area contributed by atoms with E-state index in [1.165, 1.54) is 49.9 Å². The number of rotatable bonds is 8. The monoisotopic (exact) mass is 402 g/mol. The van der Waals surface area contributed by atoms with Gasteiger partial charge in [0.15, 0.2) is 0 Å². The maximum Gasteiger partial charge on any atom is 0.316 e. The zero-order valence-corrected chi connectivity index (χ0v) is 19.2. The van der Waals surface area contributed by atoms with Crippen LogP contribution >= 0.6 is 0 Å². The quantitative estimate of drug-likeness (QED) is 0.621. The van der Waals surface area contributed by atoms with Crippen molar-refractivity contribution >= 4 is 6.03 Å². The maximum atomic E-state index is 11.7. The number of carbonyl (C=O) groups is 1. The average molecular weight is 403 g/mol. The van der Waals surface area contributed by atoms with Gasteiger partial charge in [-0.15, -0.1) is 0 Å². The Morgan fingerprint density at radius 1 is 1.07 bits per heavy atom. The van der Waals surface area contributed by atoms with Crippen LogP contribution in [0.5, 0.6) is 0 Å². The Morgan fingerprint density at radius 2 is 1.66 bits per heavy atom. The summed E-state index contributed by atoms with van der Waals surface area (Å²) in [5.74, 6) is 1.50. The fourth-order valence-electron chi connectivity index (χ4n) is 4.43. The summed E-state index contributed by atoms with van der Waals surface area (Å²) < 4.78 is 0. The SMILES string of the molecule is C=C/C(=C(/C)C(=C)C)N1CCN(CCC2CCC(CNC(=O)N(C)C)CC2)CC1. The molecule has 5 heteroatoms. The molecule has 0 aromatic heterocycles. The van der Waals surface area contributed by atoms with E-state index in [1.54, 1.807) is 19.0 Å². The number of hydrogen-bond acceptors (Lipinski definition) is 3. The summed E-state index contributed by atoms with van der Waals surface area (Å²) in [6, 6.07) is 0.0270. The van der Waals surface area contributed by atoms with Gasteiger partial charge in [-0.05, 0) is 63.1 Å². The molecule has 164 valence electrons. The van der Waals surface area contributed by atoms with Gasteiger partial charge in [0.25, 0.3) is 0 Å². The molecule has 0 aromatic rings. The van der Waals surface area contributed by atoms with Crippen LogP contribution in [0, 0.1) is 11.8 Å². The van der Waals surface area contributed by atoms with Gasteiger partial charge in [-0.3, -0.25) is 4.90 Å². The molecule has 0 unspecified atom stereocenters. The first-order valence-electron chi connectivity index (χ1n) is 11.2. The molecule has 2 fully saturated rings. The lowest BCUT2D eigenvalue weighted by Crippen LogP contribution is -2.46. The van der Waals surface area contributed by atoms with E-state index < -0.39 is 0 Å². The largest absolute Gasteiger partial charge is 0.369 e. The molecule has 29 heavy (non-hydrogen) atoms. The van der Waals surface area contributed by atoms with Gasteiger partial charge in [-0.25, -0.2) is 4.79 Å². The van der Waals surface area contributed by atoms with Crippen molar-refractivity contribution in [3.05, 3.63) is 36.1 Å². The molecular weight excluding hydrogens is 360 g/mol. The molecule has 0 spiro atoms. The highest BCUT2D eigenvalue weighted by molar-refractivity contribution is 5.73. The summed E-state index contributed by atoms with van der Waals surface area (Å²) in [5, 5.41) is 3.04. The molecule has 5 nitrogen and oxygen atoms in total. The molecule has 0 atom stereocenters. The highest BCUT2D eigenvalue weighted by atomic mass is 16.2. The van der Waals surface area contributed by atoms with E-state index in [-0.39, 0.29) is 6.03 Å². The van der Waals surface area contributed by atoms with Crippen molar-refractivity contribution in [1.82, 2.24) is 20.0 Å². The topological polar surface area (TPSA) is 38.8 Å².